The van der Waals surface area contributed by atoms with Gasteiger partial charge in [0.2, 0.25) is 0 Å². The van der Waals surface area contributed by atoms with Crippen LogP contribution in [0.5, 0.6) is 0 Å². The van der Waals surface area contributed by atoms with Crippen molar-refractivity contribution >= 4 is 22.4 Å². The molecule has 196 valence electrons. The van der Waals surface area contributed by atoms with Gasteiger partial charge in [-0.2, -0.15) is 0 Å². The molecule has 0 heterocycles. The van der Waals surface area contributed by atoms with Crippen molar-refractivity contribution in [3.05, 3.63) is 81.6 Å². The molecule has 0 amide bonds. The van der Waals surface area contributed by atoms with Crippen LogP contribution in [0.4, 0.5) is 13.2 Å². The van der Waals surface area contributed by atoms with Gasteiger partial charge in [0.1, 0.15) is 22.5 Å². The van der Waals surface area contributed by atoms with Gasteiger partial charge >= 0.3 is 0 Å². The van der Waals surface area contributed by atoms with Gasteiger partial charge in [0.15, 0.2) is 0 Å². The summed E-state index contributed by atoms with van der Waals surface area (Å²) < 4.78 is 42.4. The minimum Gasteiger partial charge on any atom is -0.205 e. The Labute approximate surface area is 224 Å². The van der Waals surface area contributed by atoms with Crippen molar-refractivity contribution in [2.24, 2.45) is 11.8 Å². The lowest BCUT2D eigenvalue weighted by Gasteiger charge is -2.28. The first-order chi connectivity index (χ1) is 17.9. The minimum absolute atomic E-state index is 0.107. The van der Waals surface area contributed by atoms with E-state index >= 15 is 4.39 Å². The Kier molecular flexibility index (Phi) is 9.98. The maximum atomic E-state index is 15.1. The Balaban J connectivity index is 1.32. The van der Waals surface area contributed by atoms with E-state index < -0.39 is 22.5 Å². The van der Waals surface area contributed by atoms with E-state index in [4.69, 9.17) is 11.6 Å². The molecule has 0 unspecified atom stereocenters. The average Bonchev–Trinajstić information content (AvgIpc) is 2.90. The molecule has 0 bridgehead atoms. The molecule has 1 fully saturated rings. The fraction of sp³-hybridized carbons (Fsp3) is 0.455. The summed E-state index contributed by atoms with van der Waals surface area (Å²) in [6, 6.07) is 11.5. The van der Waals surface area contributed by atoms with Gasteiger partial charge in [-0.15, -0.1) is 0 Å². The van der Waals surface area contributed by atoms with E-state index in [1.54, 1.807) is 6.07 Å². The highest BCUT2D eigenvalue weighted by atomic mass is 35.5. The standard InChI is InChI=1S/C33H36ClF3/c1-2-3-4-5-6-7-23-8-10-24(11-9-23)12-13-25-15-19-29-28(20-25)18-17-27(33(29)37)16-14-26-21-30(35)32(34)31(36)22-26/h15,17-24H,2-13H2,1H3. The van der Waals surface area contributed by atoms with Crippen molar-refractivity contribution in [1.82, 2.24) is 0 Å². The summed E-state index contributed by atoms with van der Waals surface area (Å²) >= 11 is 5.51. The Morgan fingerprint density at radius 2 is 1.46 bits per heavy atom. The average molecular weight is 525 g/mol. The molecule has 0 saturated heterocycles. The Hall–Kier alpha value is -2.44. The third kappa shape index (κ3) is 7.55. The highest BCUT2D eigenvalue weighted by Crippen LogP contribution is 2.34. The first-order valence-electron chi connectivity index (χ1n) is 13.8. The van der Waals surface area contributed by atoms with Crippen LogP contribution in [0, 0.1) is 41.1 Å². The van der Waals surface area contributed by atoms with Crippen LogP contribution in [0.1, 0.15) is 94.2 Å². The monoisotopic (exact) mass is 524 g/mol. The number of benzene rings is 3. The van der Waals surface area contributed by atoms with Gasteiger partial charge in [-0.25, -0.2) is 13.2 Å². The lowest BCUT2D eigenvalue weighted by atomic mass is 9.77. The van der Waals surface area contributed by atoms with Crippen molar-refractivity contribution in [2.45, 2.75) is 84.0 Å². The van der Waals surface area contributed by atoms with Gasteiger partial charge in [0.25, 0.3) is 0 Å². The SMILES string of the molecule is CCCCCCCC1CCC(CCc2ccc3c(F)c(C#Cc4cc(F)c(Cl)c(F)c4)ccc3c2)CC1. The number of aryl methyl sites for hydroxylation is 1. The minimum atomic E-state index is -0.886. The summed E-state index contributed by atoms with van der Waals surface area (Å²) in [7, 11) is 0. The molecular weight excluding hydrogens is 489 g/mol. The van der Waals surface area contributed by atoms with E-state index in [-0.39, 0.29) is 11.1 Å². The van der Waals surface area contributed by atoms with Crippen molar-refractivity contribution in [1.29, 1.82) is 0 Å². The maximum Gasteiger partial charge on any atom is 0.146 e. The zero-order valence-corrected chi connectivity index (χ0v) is 22.4. The number of hydrogen-bond acceptors (Lipinski definition) is 0. The highest BCUT2D eigenvalue weighted by Gasteiger charge is 2.20. The van der Waals surface area contributed by atoms with Crippen molar-refractivity contribution in [3.8, 4) is 11.8 Å². The molecule has 1 saturated carbocycles. The van der Waals surface area contributed by atoms with Crippen LogP contribution >= 0.6 is 11.6 Å². The molecule has 37 heavy (non-hydrogen) atoms. The van der Waals surface area contributed by atoms with Gasteiger partial charge in [0, 0.05) is 10.9 Å². The topological polar surface area (TPSA) is 0 Å². The van der Waals surface area contributed by atoms with E-state index in [1.807, 2.05) is 18.2 Å². The molecule has 0 N–H and O–H groups in total. The summed E-state index contributed by atoms with van der Waals surface area (Å²) in [5.41, 5.74) is 1.53. The predicted molar refractivity (Wildman–Crippen MR) is 148 cm³/mol. The van der Waals surface area contributed by atoms with E-state index in [0.717, 1.165) is 35.8 Å². The first-order valence-corrected chi connectivity index (χ1v) is 14.2. The third-order valence-electron chi connectivity index (χ3n) is 7.87. The highest BCUT2D eigenvalue weighted by molar-refractivity contribution is 6.30. The second kappa shape index (κ2) is 13.4. The van der Waals surface area contributed by atoms with Crippen LogP contribution in [0.3, 0.4) is 0 Å². The first kappa shape index (κ1) is 27.6. The Morgan fingerprint density at radius 1 is 0.784 bits per heavy atom. The van der Waals surface area contributed by atoms with Gasteiger partial charge in [-0.1, -0.05) is 119 Å². The molecule has 4 rings (SSSR count). The van der Waals surface area contributed by atoms with Crippen LogP contribution in [-0.4, -0.2) is 0 Å². The lowest BCUT2D eigenvalue weighted by molar-refractivity contribution is 0.249. The summed E-state index contributed by atoms with van der Waals surface area (Å²) in [4.78, 5) is 0. The van der Waals surface area contributed by atoms with Gasteiger partial charge in [-0.3, -0.25) is 0 Å². The van der Waals surface area contributed by atoms with Crippen molar-refractivity contribution < 1.29 is 13.2 Å². The quantitative estimate of drug-likeness (QED) is 0.148. The van der Waals surface area contributed by atoms with E-state index in [1.165, 1.54) is 76.2 Å². The van der Waals surface area contributed by atoms with Gasteiger partial charge in [-0.05, 0) is 53.8 Å². The van der Waals surface area contributed by atoms with E-state index in [0.29, 0.717) is 5.39 Å². The summed E-state index contributed by atoms with van der Waals surface area (Å²) in [6.07, 6.45) is 15.9. The lowest BCUT2D eigenvalue weighted by Crippen LogP contribution is -2.15. The van der Waals surface area contributed by atoms with Crippen LogP contribution in [0.2, 0.25) is 5.02 Å². The zero-order valence-electron chi connectivity index (χ0n) is 21.7. The fourth-order valence-corrected chi connectivity index (χ4v) is 5.69. The number of unbranched alkanes of at least 4 members (excludes halogenated alkanes) is 4. The molecule has 0 radical (unpaired) electrons. The van der Waals surface area contributed by atoms with Crippen LogP contribution < -0.4 is 0 Å². The molecule has 0 nitrogen and oxygen atoms in total. The largest absolute Gasteiger partial charge is 0.205 e. The van der Waals surface area contributed by atoms with Crippen LogP contribution in [0.25, 0.3) is 10.8 Å². The number of fused-ring (bicyclic) bond motifs is 1. The van der Waals surface area contributed by atoms with Crippen LogP contribution in [0.15, 0.2) is 42.5 Å². The summed E-state index contributed by atoms with van der Waals surface area (Å²) in [5, 5.41) is 0.776. The molecule has 0 spiro atoms. The van der Waals surface area contributed by atoms with E-state index in [9.17, 15) is 8.78 Å². The Morgan fingerprint density at radius 3 is 2.16 bits per heavy atom. The third-order valence-corrected chi connectivity index (χ3v) is 8.23. The zero-order chi connectivity index (χ0) is 26.2. The molecule has 0 aliphatic heterocycles. The molecule has 1 aliphatic carbocycles. The molecule has 0 aromatic heterocycles. The molecule has 3 aromatic rings. The second-order valence-electron chi connectivity index (χ2n) is 10.6. The molecule has 0 atom stereocenters. The predicted octanol–water partition coefficient (Wildman–Crippen LogP) is 10.4. The summed E-state index contributed by atoms with van der Waals surface area (Å²) in [6.45, 7) is 2.27. The summed E-state index contributed by atoms with van der Waals surface area (Å²) in [5.74, 6) is 4.87. The maximum absolute atomic E-state index is 15.1. The fourth-order valence-electron chi connectivity index (χ4n) is 5.58. The molecular formula is C33H36ClF3. The van der Waals surface area contributed by atoms with Gasteiger partial charge in [0.05, 0.1) is 5.56 Å². The Bertz CT molecular complexity index is 1240. The molecule has 3 aromatic carbocycles. The van der Waals surface area contributed by atoms with Crippen molar-refractivity contribution in [2.75, 3.05) is 0 Å². The second-order valence-corrected chi connectivity index (χ2v) is 11.0. The molecule has 4 heteroatoms. The number of hydrogen-bond donors (Lipinski definition) is 0. The normalized spacial score (nSPS) is 17.5. The van der Waals surface area contributed by atoms with E-state index in [2.05, 4.69) is 24.8 Å². The smallest absolute Gasteiger partial charge is 0.146 e. The van der Waals surface area contributed by atoms with Gasteiger partial charge < -0.3 is 0 Å². The number of rotatable bonds is 9. The molecule has 1 aliphatic rings. The number of halogens is 4. The van der Waals surface area contributed by atoms with Crippen LogP contribution in [-0.2, 0) is 6.42 Å². The van der Waals surface area contributed by atoms with Crippen molar-refractivity contribution in [3.63, 3.8) is 0 Å².